The number of rotatable bonds is 3. The Morgan fingerprint density at radius 2 is 2.00 bits per heavy atom. The highest BCUT2D eigenvalue weighted by Gasteiger charge is 2.30. The fraction of sp³-hybridized carbons (Fsp3) is 0.650. The lowest BCUT2D eigenvalue weighted by Crippen LogP contribution is -2.55. The molecule has 1 aliphatic carbocycles. The molecule has 1 saturated heterocycles. The van der Waals surface area contributed by atoms with E-state index in [1.807, 2.05) is 4.90 Å². The summed E-state index contributed by atoms with van der Waals surface area (Å²) in [7, 11) is 1.75. The molecule has 4 heterocycles. The van der Waals surface area contributed by atoms with Gasteiger partial charge in [0.05, 0.1) is 18.3 Å². The molecule has 2 aromatic rings. The molecule has 7 nitrogen and oxygen atoms in total. The van der Waals surface area contributed by atoms with Crippen molar-refractivity contribution in [3.8, 4) is 0 Å². The Morgan fingerprint density at radius 1 is 1.21 bits per heavy atom. The van der Waals surface area contributed by atoms with Crippen LogP contribution < -0.4 is 5.56 Å². The maximum Gasteiger partial charge on any atom is 0.262 e. The van der Waals surface area contributed by atoms with Crippen molar-refractivity contribution in [2.24, 2.45) is 7.05 Å². The highest BCUT2D eigenvalue weighted by molar-refractivity contribution is 7.18. The number of piperazine rings is 1. The van der Waals surface area contributed by atoms with Gasteiger partial charge < -0.3 is 9.47 Å². The first-order chi connectivity index (χ1) is 13.6. The number of carbonyl (C=O) groups is 1. The number of amides is 1. The standard InChI is InChI=1S/C20H27N5O2S/c1-22-13-21-19-18(20(22)27)15-5-6-23(11-16(15)28-19)12-17(26)25-9-7-24(8-10-25)14-3-2-4-14/h13-14H,2-12H2,1H3. The number of aryl methyl sites for hydroxylation is 1. The summed E-state index contributed by atoms with van der Waals surface area (Å²) >= 11 is 1.60. The highest BCUT2D eigenvalue weighted by atomic mass is 32.1. The Hall–Kier alpha value is -1.77. The molecule has 0 atom stereocenters. The molecule has 0 bridgehead atoms. The molecule has 0 spiro atoms. The molecule has 2 aliphatic heterocycles. The molecule has 2 fully saturated rings. The first-order valence-electron chi connectivity index (χ1n) is 10.3. The monoisotopic (exact) mass is 401 g/mol. The van der Waals surface area contributed by atoms with Crippen LogP contribution in [0.3, 0.4) is 0 Å². The number of thiophene rings is 1. The largest absolute Gasteiger partial charge is 0.339 e. The summed E-state index contributed by atoms with van der Waals surface area (Å²) in [6.07, 6.45) is 6.44. The van der Waals surface area contributed by atoms with Crippen molar-refractivity contribution in [1.29, 1.82) is 0 Å². The van der Waals surface area contributed by atoms with E-state index in [9.17, 15) is 9.59 Å². The number of nitrogens with zero attached hydrogens (tertiary/aromatic N) is 5. The van der Waals surface area contributed by atoms with Gasteiger partial charge in [-0.25, -0.2) is 4.98 Å². The minimum atomic E-state index is 0.0383. The van der Waals surface area contributed by atoms with Gasteiger partial charge in [-0.2, -0.15) is 0 Å². The summed E-state index contributed by atoms with van der Waals surface area (Å²) < 4.78 is 1.55. The molecule has 5 rings (SSSR count). The van der Waals surface area contributed by atoms with Crippen molar-refractivity contribution in [3.05, 3.63) is 27.1 Å². The lowest BCUT2D eigenvalue weighted by molar-refractivity contribution is -0.135. The van der Waals surface area contributed by atoms with Crippen LogP contribution >= 0.6 is 11.3 Å². The quantitative estimate of drug-likeness (QED) is 0.769. The van der Waals surface area contributed by atoms with Crippen molar-refractivity contribution in [1.82, 2.24) is 24.3 Å². The first-order valence-corrected chi connectivity index (χ1v) is 11.1. The van der Waals surface area contributed by atoms with E-state index in [-0.39, 0.29) is 11.5 Å². The molecule has 8 heteroatoms. The fourth-order valence-corrected chi connectivity index (χ4v) is 5.86. The number of fused-ring (bicyclic) bond motifs is 3. The zero-order valence-electron chi connectivity index (χ0n) is 16.4. The predicted octanol–water partition coefficient (Wildman–Crippen LogP) is 1.05. The Bertz CT molecular complexity index is 955. The van der Waals surface area contributed by atoms with Crippen LogP contribution in [0.2, 0.25) is 0 Å². The van der Waals surface area contributed by atoms with Crippen molar-refractivity contribution >= 4 is 27.5 Å². The van der Waals surface area contributed by atoms with Crippen LogP contribution in [0.1, 0.15) is 29.7 Å². The first kappa shape index (κ1) is 18.3. The summed E-state index contributed by atoms with van der Waals surface area (Å²) in [5.74, 6) is 0.242. The molecule has 0 unspecified atom stereocenters. The number of hydrogen-bond acceptors (Lipinski definition) is 6. The average Bonchev–Trinajstić information content (AvgIpc) is 3.02. The van der Waals surface area contributed by atoms with Crippen LogP contribution in [0.5, 0.6) is 0 Å². The lowest BCUT2D eigenvalue weighted by atomic mass is 9.91. The second-order valence-corrected chi connectivity index (χ2v) is 9.39. The Morgan fingerprint density at radius 3 is 2.71 bits per heavy atom. The van der Waals surface area contributed by atoms with E-state index in [0.717, 1.165) is 67.5 Å². The molecule has 0 N–H and O–H groups in total. The third-order valence-electron chi connectivity index (χ3n) is 6.62. The van der Waals surface area contributed by atoms with Crippen LogP contribution in [0.15, 0.2) is 11.1 Å². The summed E-state index contributed by atoms with van der Waals surface area (Å²) in [4.78, 5) is 38.6. The summed E-state index contributed by atoms with van der Waals surface area (Å²) in [5, 5.41) is 0.781. The molecule has 1 saturated carbocycles. The molecule has 0 aromatic carbocycles. The van der Waals surface area contributed by atoms with E-state index in [1.54, 1.807) is 29.3 Å². The molecule has 2 aromatic heterocycles. The molecule has 28 heavy (non-hydrogen) atoms. The van der Waals surface area contributed by atoms with Gasteiger partial charge in [-0.3, -0.25) is 19.4 Å². The molecule has 1 amide bonds. The van der Waals surface area contributed by atoms with E-state index in [4.69, 9.17) is 0 Å². The summed E-state index contributed by atoms with van der Waals surface area (Å²) in [6.45, 7) is 5.80. The zero-order valence-corrected chi connectivity index (χ0v) is 17.2. The van der Waals surface area contributed by atoms with Gasteiger partial charge in [-0.15, -0.1) is 11.3 Å². The Balaban J connectivity index is 1.23. The summed E-state index contributed by atoms with van der Waals surface area (Å²) in [6, 6.07) is 0.770. The van der Waals surface area contributed by atoms with Gasteiger partial charge in [0.15, 0.2) is 0 Å². The molecule has 150 valence electrons. The van der Waals surface area contributed by atoms with E-state index in [2.05, 4.69) is 14.8 Å². The van der Waals surface area contributed by atoms with Crippen LogP contribution in [0.4, 0.5) is 0 Å². The van der Waals surface area contributed by atoms with Gasteiger partial charge in [0, 0.05) is 57.2 Å². The van der Waals surface area contributed by atoms with Crippen molar-refractivity contribution in [3.63, 3.8) is 0 Å². The van der Waals surface area contributed by atoms with Gasteiger partial charge in [0.25, 0.3) is 5.56 Å². The van der Waals surface area contributed by atoms with Crippen molar-refractivity contribution in [2.45, 2.75) is 38.3 Å². The van der Waals surface area contributed by atoms with E-state index >= 15 is 0 Å². The number of carbonyl (C=O) groups excluding carboxylic acids is 1. The lowest BCUT2D eigenvalue weighted by Gasteiger charge is -2.43. The van der Waals surface area contributed by atoms with Gasteiger partial charge in [0.1, 0.15) is 4.83 Å². The average molecular weight is 402 g/mol. The van der Waals surface area contributed by atoms with Crippen LogP contribution in [0.25, 0.3) is 10.2 Å². The Labute approximate surface area is 168 Å². The van der Waals surface area contributed by atoms with Gasteiger partial charge in [-0.1, -0.05) is 6.42 Å². The van der Waals surface area contributed by atoms with Gasteiger partial charge in [-0.05, 0) is 24.8 Å². The molecule has 0 radical (unpaired) electrons. The maximum absolute atomic E-state index is 12.8. The van der Waals surface area contributed by atoms with Gasteiger partial charge >= 0.3 is 0 Å². The number of hydrogen-bond donors (Lipinski definition) is 0. The van der Waals surface area contributed by atoms with E-state index < -0.39 is 0 Å². The Kier molecular flexibility index (Phi) is 4.72. The van der Waals surface area contributed by atoms with Crippen molar-refractivity contribution in [2.75, 3.05) is 39.3 Å². The minimum Gasteiger partial charge on any atom is -0.339 e. The SMILES string of the molecule is Cn1cnc2sc3c(c2c1=O)CCN(CC(=O)N1CCN(C2CCC2)CC1)C3. The van der Waals surface area contributed by atoms with Crippen LogP contribution in [-0.4, -0.2) is 75.5 Å². The van der Waals surface area contributed by atoms with Crippen LogP contribution in [-0.2, 0) is 24.8 Å². The van der Waals surface area contributed by atoms with Gasteiger partial charge in [0.2, 0.25) is 5.91 Å². The second kappa shape index (κ2) is 7.24. The number of aromatic nitrogens is 2. The maximum atomic E-state index is 12.8. The van der Waals surface area contributed by atoms with E-state index in [0.29, 0.717) is 6.54 Å². The third-order valence-corrected chi connectivity index (χ3v) is 7.74. The topological polar surface area (TPSA) is 61.7 Å². The zero-order chi connectivity index (χ0) is 19.3. The normalized spacial score (nSPS) is 21.7. The predicted molar refractivity (Wildman–Crippen MR) is 110 cm³/mol. The molecule has 3 aliphatic rings. The van der Waals surface area contributed by atoms with Crippen molar-refractivity contribution < 1.29 is 4.79 Å². The fourth-order valence-electron chi connectivity index (χ4n) is 4.64. The molecular weight excluding hydrogens is 374 g/mol. The van der Waals surface area contributed by atoms with E-state index in [1.165, 1.54) is 24.1 Å². The van der Waals surface area contributed by atoms with Crippen LogP contribution in [0, 0.1) is 0 Å². The smallest absolute Gasteiger partial charge is 0.262 e. The highest BCUT2D eigenvalue weighted by Crippen LogP contribution is 2.32. The third kappa shape index (κ3) is 3.17. The molecular formula is C20H27N5O2S. The second-order valence-electron chi connectivity index (χ2n) is 8.31. The minimum absolute atomic E-state index is 0.0383. The summed E-state index contributed by atoms with van der Waals surface area (Å²) in [5.41, 5.74) is 1.18.